The summed E-state index contributed by atoms with van der Waals surface area (Å²) in [6, 6.07) is 7.42. The smallest absolute Gasteiger partial charge is 0.350 e. The van der Waals surface area contributed by atoms with Crippen molar-refractivity contribution >= 4 is 33.2 Å². The van der Waals surface area contributed by atoms with Crippen LogP contribution >= 0.6 is 27.3 Å². The number of ether oxygens (including phenoxy) is 2. The van der Waals surface area contributed by atoms with E-state index in [0.717, 1.165) is 16.3 Å². The molecule has 0 bridgehead atoms. The Balaban J connectivity index is 0.00000106. The zero-order chi connectivity index (χ0) is 15.8. The second-order valence-corrected chi connectivity index (χ2v) is 5.28. The van der Waals surface area contributed by atoms with Gasteiger partial charge in [-0.15, -0.1) is 11.3 Å². The van der Waals surface area contributed by atoms with E-state index in [1.54, 1.807) is 7.11 Å². The molecule has 1 aromatic carbocycles. The SMILES string of the molecule is CC.COC(=O)c1sc(CBr)nc1-c1ccc(OC)cc1. The molecule has 0 unspecified atom stereocenters. The van der Waals surface area contributed by atoms with Crippen LogP contribution < -0.4 is 4.74 Å². The number of benzene rings is 1. The van der Waals surface area contributed by atoms with Crippen LogP contribution in [-0.2, 0) is 10.1 Å². The Morgan fingerprint density at radius 2 is 1.86 bits per heavy atom. The van der Waals surface area contributed by atoms with Crippen LogP contribution in [0.15, 0.2) is 24.3 Å². The molecule has 0 fully saturated rings. The van der Waals surface area contributed by atoms with Crippen LogP contribution in [0, 0.1) is 0 Å². The number of carbonyl (C=O) groups is 1. The first-order chi connectivity index (χ1) is 10.2. The van der Waals surface area contributed by atoms with Gasteiger partial charge in [-0.25, -0.2) is 9.78 Å². The van der Waals surface area contributed by atoms with Crippen molar-refractivity contribution in [3.8, 4) is 17.0 Å². The molecule has 2 aromatic rings. The van der Waals surface area contributed by atoms with Gasteiger partial charge in [-0.3, -0.25) is 0 Å². The van der Waals surface area contributed by atoms with Gasteiger partial charge in [0.1, 0.15) is 15.6 Å². The monoisotopic (exact) mass is 371 g/mol. The maximum atomic E-state index is 11.8. The Kier molecular flexibility index (Phi) is 7.39. The summed E-state index contributed by atoms with van der Waals surface area (Å²) in [4.78, 5) is 16.7. The maximum Gasteiger partial charge on any atom is 0.350 e. The van der Waals surface area contributed by atoms with Crippen molar-refractivity contribution in [1.82, 2.24) is 4.98 Å². The summed E-state index contributed by atoms with van der Waals surface area (Å²) in [5, 5.41) is 1.45. The number of carbonyl (C=O) groups excluding carboxylic acids is 1. The molecule has 0 N–H and O–H groups in total. The Labute approximate surface area is 137 Å². The van der Waals surface area contributed by atoms with Crippen molar-refractivity contribution in [3.63, 3.8) is 0 Å². The summed E-state index contributed by atoms with van der Waals surface area (Å²) >= 11 is 4.68. The molecule has 0 aliphatic carbocycles. The van der Waals surface area contributed by atoms with E-state index in [4.69, 9.17) is 9.47 Å². The van der Waals surface area contributed by atoms with Crippen molar-refractivity contribution in [3.05, 3.63) is 34.2 Å². The molecule has 0 amide bonds. The molecule has 0 radical (unpaired) electrons. The minimum absolute atomic E-state index is 0.365. The first-order valence-corrected chi connectivity index (χ1v) is 8.41. The average Bonchev–Trinajstić information content (AvgIpc) is 3.00. The zero-order valence-electron chi connectivity index (χ0n) is 12.5. The normalized spacial score (nSPS) is 9.57. The van der Waals surface area contributed by atoms with Crippen LogP contribution in [0.25, 0.3) is 11.3 Å². The summed E-state index contributed by atoms with van der Waals surface area (Å²) in [6.45, 7) is 4.00. The van der Waals surface area contributed by atoms with Crippen LogP contribution in [0.1, 0.15) is 28.5 Å². The first kappa shape index (κ1) is 17.7. The molecule has 0 saturated carbocycles. The molecule has 0 saturated heterocycles. The molecule has 0 aliphatic rings. The number of hydrogen-bond acceptors (Lipinski definition) is 5. The van der Waals surface area contributed by atoms with Gasteiger partial charge in [-0.1, -0.05) is 29.8 Å². The lowest BCUT2D eigenvalue weighted by molar-refractivity contribution is 0.0607. The largest absolute Gasteiger partial charge is 0.497 e. The number of aromatic nitrogens is 1. The summed E-state index contributed by atoms with van der Waals surface area (Å²) in [5.74, 6) is 0.398. The lowest BCUT2D eigenvalue weighted by Gasteiger charge is -2.03. The molecule has 4 nitrogen and oxygen atoms in total. The number of rotatable bonds is 4. The highest BCUT2D eigenvalue weighted by Crippen LogP contribution is 2.30. The van der Waals surface area contributed by atoms with Gasteiger partial charge in [0.15, 0.2) is 0 Å². The fraction of sp³-hybridized carbons (Fsp3) is 0.333. The van der Waals surface area contributed by atoms with E-state index in [1.165, 1.54) is 18.4 Å². The lowest BCUT2D eigenvalue weighted by atomic mass is 10.1. The Hall–Kier alpha value is -1.40. The quantitative estimate of drug-likeness (QED) is 0.585. The Morgan fingerprint density at radius 3 is 2.33 bits per heavy atom. The van der Waals surface area contributed by atoms with Crippen LogP contribution in [0.3, 0.4) is 0 Å². The second-order valence-electron chi connectivity index (χ2n) is 3.64. The number of halogens is 1. The van der Waals surface area contributed by atoms with E-state index in [0.29, 0.717) is 15.9 Å². The van der Waals surface area contributed by atoms with Gasteiger partial charge < -0.3 is 9.47 Å². The third kappa shape index (κ3) is 4.28. The third-order valence-corrected chi connectivity index (χ3v) is 4.46. The molecule has 2 rings (SSSR count). The summed E-state index contributed by atoms with van der Waals surface area (Å²) in [6.07, 6.45) is 0. The van der Waals surface area contributed by atoms with E-state index >= 15 is 0 Å². The topological polar surface area (TPSA) is 48.4 Å². The standard InChI is InChI=1S/C13H12BrNO3S.C2H6/c1-17-9-5-3-8(4-6-9)11-12(13(16)18-2)19-10(7-14)15-11;1-2/h3-6H,7H2,1-2H3;1-2H3. The molecule has 114 valence electrons. The van der Waals surface area contributed by atoms with Gasteiger partial charge in [0.25, 0.3) is 0 Å². The third-order valence-electron chi connectivity index (χ3n) is 2.52. The van der Waals surface area contributed by atoms with Gasteiger partial charge in [-0.05, 0) is 24.3 Å². The summed E-state index contributed by atoms with van der Waals surface area (Å²) in [5.41, 5.74) is 1.51. The molecule has 1 heterocycles. The molecule has 0 atom stereocenters. The fourth-order valence-electron chi connectivity index (χ4n) is 1.60. The van der Waals surface area contributed by atoms with Crippen LogP contribution in [-0.4, -0.2) is 25.2 Å². The van der Waals surface area contributed by atoms with Crippen molar-refractivity contribution in [1.29, 1.82) is 0 Å². The highest BCUT2D eigenvalue weighted by Gasteiger charge is 2.19. The average molecular weight is 372 g/mol. The van der Waals surface area contributed by atoms with Crippen LogP contribution in [0.4, 0.5) is 0 Å². The molecule has 21 heavy (non-hydrogen) atoms. The molecular weight excluding hydrogens is 354 g/mol. The molecule has 0 aliphatic heterocycles. The minimum atomic E-state index is -0.365. The van der Waals surface area contributed by atoms with Gasteiger partial charge in [0.05, 0.1) is 25.2 Å². The highest BCUT2D eigenvalue weighted by atomic mass is 79.9. The van der Waals surface area contributed by atoms with Crippen molar-refractivity contribution in [2.45, 2.75) is 19.2 Å². The van der Waals surface area contributed by atoms with Gasteiger partial charge in [-0.2, -0.15) is 0 Å². The van der Waals surface area contributed by atoms with Crippen molar-refractivity contribution < 1.29 is 14.3 Å². The van der Waals surface area contributed by atoms with Crippen molar-refractivity contribution in [2.24, 2.45) is 0 Å². The molecule has 1 aromatic heterocycles. The van der Waals surface area contributed by atoms with Crippen LogP contribution in [0.2, 0.25) is 0 Å². The van der Waals surface area contributed by atoms with E-state index < -0.39 is 0 Å². The number of esters is 1. The predicted octanol–water partition coefficient (Wildman–Crippen LogP) is 4.53. The Bertz CT molecular complexity index is 581. The van der Waals surface area contributed by atoms with Crippen molar-refractivity contribution in [2.75, 3.05) is 14.2 Å². The number of alkyl halides is 1. The van der Waals surface area contributed by atoms with Gasteiger partial charge in [0.2, 0.25) is 0 Å². The van der Waals surface area contributed by atoms with E-state index in [9.17, 15) is 4.79 Å². The number of methoxy groups -OCH3 is 2. The van der Waals surface area contributed by atoms with Crippen LogP contribution in [0.5, 0.6) is 5.75 Å². The number of hydrogen-bond donors (Lipinski definition) is 0. The molecule has 6 heteroatoms. The minimum Gasteiger partial charge on any atom is -0.497 e. The van der Waals surface area contributed by atoms with Gasteiger partial charge >= 0.3 is 5.97 Å². The fourth-order valence-corrected chi connectivity index (χ4v) is 2.92. The van der Waals surface area contributed by atoms with E-state index in [-0.39, 0.29) is 5.97 Å². The summed E-state index contributed by atoms with van der Waals surface area (Å²) < 4.78 is 9.91. The van der Waals surface area contributed by atoms with E-state index in [2.05, 4.69) is 20.9 Å². The maximum absolute atomic E-state index is 11.8. The Morgan fingerprint density at radius 1 is 1.24 bits per heavy atom. The predicted molar refractivity (Wildman–Crippen MR) is 89.4 cm³/mol. The summed E-state index contributed by atoms with van der Waals surface area (Å²) in [7, 11) is 2.98. The molecular formula is C15H18BrNO3S. The van der Waals surface area contributed by atoms with Gasteiger partial charge in [0, 0.05) is 5.56 Å². The number of thiazole rings is 1. The molecule has 0 spiro atoms. The lowest BCUT2D eigenvalue weighted by Crippen LogP contribution is -2.00. The zero-order valence-corrected chi connectivity index (χ0v) is 14.9. The highest BCUT2D eigenvalue weighted by molar-refractivity contribution is 9.08. The van der Waals surface area contributed by atoms with E-state index in [1.807, 2.05) is 38.1 Å². The second kappa shape index (κ2) is 8.79. The number of nitrogens with zero attached hydrogens (tertiary/aromatic N) is 1. The first-order valence-electron chi connectivity index (χ1n) is 6.48.